The average molecular weight is 265 g/mol. The van der Waals surface area contributed by atoms with Gasteiger partial charge in [-0.25, -0.2) is 0 Å². The molecule has 1 atom stereocenters. The molecule has 0 fully saturated rings. The second-order valence-corrected chi connectivity index (χ2v) is 4.51. The van der Waals surface area contributed by atoms with Gasteiger partial charge in [0.25, 0.3) is 0 Å². The molecule has 96 valence electrons. The van der Waals surface area contributed by atoms with Crippen molar-refractivity contribution in [3.05, 3.63) is 34.9 Å². The quantitative estimate of drug-likeness (QED) is 0.824. The van der Waals surface area contributed by atoms with E-state index >= 15 is 0 Å². The highest BCUT2D eigenvalue weighted by Crippen LogP contribution is 2.17. The Kier molecular flexibility index (Phi) is 5.70. The first-order valence-electron chi connectivity index (χ1n) is 5.71. The van der Waals surface area contributed by atoms with Gasteiger partial charge in [0.2, 0.25) is 5.91 Å². The molecule has 3 nitrogen and oxygen atoms in total. The molecule has 0 bridgehead atoms. The Hall–Kier alpha value is -1.50. The third-order valence-corrected chi connectivity index (χ3v) is 3.15. The zero-order chi connectivity index (χ0) is 13.5. The number of hydrogen-bond acceptors (Lipinski definition) is 2. The van der Waals surface area contributed by atoms with Crippen molar-refractivity contribution in [2.45, 2.75) is 19.5 Å². The van der Waals surface area contributed by atoms with Crippen LogP contribution in [0.25, 0.3) is 0 Å². The van der Waals surface area contributed by atoms with E-state index < -0.39 is 0 Å². The summed E-state index contributed by atoms with van der Waals surface area (Å²) in [6.07, 6.45) is 5.10. The lowest BCUT2D eigenvalue weighted by Crippen LogP contribution is -2.43. The number of rotatable bonds is 5. The highest BCUT2D eigenvalue weighted by atomic mass is 35.5. The zero-order valence-corrected chi connectivity index (χ0v) is 11.4. The van der Waals surface area contributed by atoms with Crippen LogP contribution in [0, 0.1) is 12.3 Å². The number of halogens is 1. The highest BCUT2D eigenvalue weighted by Gasteiger charge is 2.17. The van der Waals surface area contributed by atoms with E-state index in [4.69, 9.17) is 18.0 Å². The number of carbonyl (C=O) groups is 1. The average Bonchev–Trinajstić information content (AvgIpc) is 2.37. The fourth-order valence-corrected chi connectivity index (χ4v) is 1.71. The maximum absolute atomic E-state index is 11.7. The molecule has 0 saturated heterocycles. The van der Waals surface area contributed by atoms with E-state index in [1.807, 2.05) is 43.1 Å². The minimum absolute atomic E-state index is 0.0810. The van der Waals surface area contributed by atoms with Gasteiger partial charge in [-0.05, 0) is 25.6 Å². The van der Waals surface area contributed by atoms with Crippen LogP contribution in [0.4, 0.5) is 0 Å². The van der Waals surface area contributed by atoms with Crippen molar-refractivity contribution in [1.29, 1.82) is 0 Å². The lowest BCUT2D eigenvalue weighted by atomic mass is 10.2. The molecule has 1 aromatic carbocycles. The first-order valence-corrected chi connectivity index (χ1v) is 6.09. The molecule has 1 amide bonds. The van der Waals surface area contributed by atoms with Gasteiger partial charge in [0.15, 0.2) is 0 Å². The maximum Gasteiger partial charge on any atom is 0.237 e. The van der Waals surface area contributed by atoms with E-state index in [-0.39, 0.29) is 18.5 Å². The molecule has 0 spiro atoms. The van der Waals surface area contributed by atoms with Crippen LogP contribution in [0.3, 0.4) is 0 Å². The van der Waals surface area contributed by atoms with Crippen molar-refractivity contribution in [2.24, 2.45) is 0 Å². The van der Waals surface area contributed by atoms with E-state index in [0.29, 0.717) is 11.6 Å². The van der Waals surface area contributed by atoms with Gasteiger partial charge in [-0.3, -0.25) is 9.69 Å². The van der Waals surface area contributed by atoms with Crippen LogP contribution >= 0.6 is 11.6 Å². The second-order valence-electron chi connectivity index (χ2n) is 4.10. The molecule has 18 heavy (non-hydrogen) atoms. The second kappa shape index (κ2) is 7.05. The van der Waals surface area contributed by atoms with Crippen LogP contribution in [0.2, 0.25) is 5.02 Å². The van der Waals surface area contributed by atoms with Gasteiger partial charge in [0.1, 0.15) is 0 Å². The number of hydrogen-bond donors (Lipinski definition) is 1. The summed E-state index contributed by atoms with van der Waals surface area (Å²) in [5, 5.41) is 3.37. The standard InChI is InChI=1S/C14H17ClN2O/c1-4-9-16-14(18)11(2)17(3)10-12-7-5-6-8-13(12)15/h1,5-8,11H,9-10H2,2-3H3,(H,16,18). The molecule has 1 aromatic rings. The number of likely N-dealkylation sites (N-methyl/N-ethyl adjacent to an activating group) is 1. The van der Waals surface area contributed by atoms with Gasteiger partial charge >= 0.3 is 0 Å². The Balaban J connectivity index is 2.60. The van der Waals surface area contributed by atoms with Crippen LogP contribution in [-0.4, -0.2) is 30.4 Å². The molecule has 4 heteroatoms. The third-order valence-electron chi connectivity index (χ3n) is 2.78. The van der Waals surface area contributed by atoms with E-state index in [0.717, 1.165) is 5.56 Å². The molecule has 0 heterocycles. The minimum Gasteiger partial charge on any atom is -0.344 e. The predicted octanol–water partition coefficient (Wildman–Crippen LogP) is 1.91. The first-order chi connectivity index (χ1) is 8.56. The van der Waals surface area contributed by atoms with Gasteiger partial charge in [-0.2, -0.15) is 0 Å². The van der Waals surface area contributed by atoms with Crippen LogP contribution in [-0.2, 0) is 11.3 Å². The summed E-state index contributed by atoms with van der Waals surface area (Å²) in [4.78, 5) is 13.7. The van der Waals surface area contributed by atoms with Crippen LogP contribution in [0.1, 0.15) is 12.5 Å². The van der Waals surface area contributed by atoms with Gasteiger partial charge in [0, 0.05) is 11.6 Å². The predicted molar refractivity (Wildman–Crippen MR) is 74.2 cm³/mol. The molecule has 0 radical (unpaired) electrons. The summed E-state index contributed by atoms with van der Waals surface area (Å²) in [7, 11) is 1.88. The summed E-state index contributed by atoms with van der Waals surface area (Å²) in [5.74, 6) is 2.30. The smallest absolute Gasteiger partial charge is 0.237 e. The van der Waals surface area contributed by atoms with Crippen LogP contribution in [0.15, 0.2) is 24.3 Å². The Morgan fingerprint density at radius 1 is 1.56 bits per heavy atom. The van der Waals surface area contributed by atoms with Crippen molar-refractivity contribution >= 4 is 17.5 Å². The molecule has 1 rings (SSSR count). The number of carbonyl (C=O) groups excluding carboxylic acids is 1. The summed E-state index contributed by atoms with van der Waals surface area (Å²) in [6.45, 7) is 2.70. The number of nitrogens with zero attached hydrogens (tertiary/aromatic N) is 1. The lowest BCUT2D eigenvalue weighted by Gasteiger charge is -2.24. The molecule has 1 unspecified atom stereocenters. The zero-order valence-electron chi connectivity index (χ0n) is 10.6. The van der Waals surface area contributed by atoms with Gasteiger partial charge < -0.3 is 5.32 Å². The minimum atomic E-state index is -0.255. The molecule has 0 aliphatic rings. The van der Waals surface area contributed by atoms with Gasteiger partial charge in [-0.1, -0.05) is 35.7 Å². The van der Waals surface area contributed by atoms with Gasteiger partial charge in [-0.15, -0.1) is 6.42 Å². The Morgan fingerprint density at radius 3 is 2.83 bits per heavy atom. The van der Waals surface area contributed by atoms with Crippen molar-refractivity contribution in [3.63, 3.8) is 0 Å². The summed E-state index contributed by atoms with van der Waals surface area (Å²) in [5.41, 5.74) is 0.998. The molecule has 0 aromatic heterocycles. The van der Waals surface area contributed by atoms with Crippen molar-refractivity contribution in [3.8, 4) is 12.3 Å². The molecular formula is C14H17ClN2O. The maximum atomic E-state index is 11.7. The number of terminal acetylenes is 1. The fraction of sp³-hybridized carbons (Fsp3) is 0.357. The fourth-order valence-electron chi connectivity index (χ4n) is 1.52. The Bertz CT molecular complexity index is 453. The molecule has 0 aliphatic heterocycles. The summed E-state index contributed by atoms with van der Waals surface area (Å²) >= 11 is 6.08. The Labute approximate surface area is 113 Å². The summed E-state index contributed by atoms with van der Waals surface area (Å²) in [6, 6.07) is 7.35. The van der Waals surface area contributed by atoms with Crippen LogP contribution in [0.5, 0.6) is 0 Å². The topological polar surface area (TPSA) is 32.3 Å². The first kappa shape index (κ1) is 14.6. The lowest BCUT2D eigenvalue weighted by molar-refractivity contribution is -0.125. The SMILES string of the molecule is C#CCNC(=O)C(C)N(C)Cc1ccccc1Cl. The van der Waals surface area contributed by atoms with Gasteiger partial charge in [0.05, 0.1) is 12.6 Å². The number of nitrogens with one attached hydrogen (secondary N) is 1. The molecule has 0 aliphatic carbocycles. The molecule has 1 N–H and O–H groups in total. The van der Waals surface area contributed by atoms with E-state index in [1.54, 1.807) is 0 Å². The van der Waals surface area contributed by atoms with Crippen molar-refractivity contribution in [1.82, 2.24) is 10.2 Å². The molecule has 0 saturated carbocycles. The van der Waals surface area contributed by atoms with Crippen molar-refractivity contribution < 1.29 is 4.79 Å². The third kappa shape index (κ3) is 4.06. The largest absolute Gasteiger partial charge is 0.344 e. The van der Waals surface area contributed by atoms with E-state index in [1.165, 1.54) is 0 Å². The number of benzene rings is 1. The van der Waals surface area contributed by atoms with Crippen molar-refractivity contribution in [2.75, 3.05) is 13.6 Å². The van der Waals surface area contributed by atoms with E-state index in [9.17, 15) is 4.79 Å². The number of amides is 1. The normalized spacial score (nSPS) is 11.9. The molecular weight excluding hydrogens is 248 g/mol. The highest BCUT2D eigenvalue weighted by molar-refractivity contribution is 6.31. The van der Waals surface area contributed by atoms with E-state index in [2.05, 4.69) is 11.2 Å². The van der Waals surface area contributed by atoms with Crippen LogP contribution < -0.4 is 5.32 Å². The Morgan fingerprint density at radius 2 is 2.22 bits per heavy atom. The summed E-state index contributed by atoms with van der Waals surface area (Å²) < 4.78 is 0. The monoisotopic (exact) mass is 264 g/mol.